The number of benzene rings is 1. The zero-order valence-electron chi connectivity index (χ0n) is 14.7. The first kappa shape index (κ1) is 19.7. The molecule has 0 amide bonds. The molecule has 5 nitrogen and oxygen atoms in total. The van der Waals surface area contributed by atoms with Crippen molar-refractivity contribution < 1.29 is 19.1 Å². The monoisotopic (exact) mass is 331 g/mol. The van der Waals surface area contributed by atoms with Gasteiger partial charge in [0.15, 0.2) is 11.5 Å². The fourth-order valence-electron chi connectivity index (χ4n) is 2.95. The summed E-state index contributed by atoms with van der Waals surface area (Å²) in [7, 11) is 3.10. The Bertz CT molecular complexity index is 606. The summed E-state index contributed by atoms with van der Waals surface area (Å²) in [5, 5.41) is 9.95. The van der Waals surface area contributed by atoms with Crippen molar-refractivity contribution in [2.45, 2.75) is 38.5 Å². The molecule has 0 bridgehead atoms. The zero-order chi connectivity index (χ0) is 18.2. The second-order valence-corrected chi connectivity index (χ2v) is 6.15. The maximum atomic E-state index is 11.4. The summed E-state index contributed by atoms with van der Waals surface area (Å²) in [6.07, 6.45) is 2.79. The molecule has 24 heavy (non-hydrogen) atoms. The van der Waals surface area contributed by atoms with Crippen LogP contribution in [0.15, 0.2) is 18.2 Å². The summed E-state index contributed by atoms with van der Waals surface area (Å²) in [6.45, 7) is 3.92. The molecule has 0 spiro atoms. The van der Waals surface area contributed by atoms with E-state index in [0.717, 1.165) is 18.1 Å². The van der Waals surface area contributed by atoms with E-state index in [1.54, 1.807) is 26.4 Å². The van der Waals surface area contributed by atoms with Crippen molar-refractivity contribution >= 4 is 12.6 Å². The van der Waals surface area contributed by atoms with Crippen molar-refractivity contribution in [1.82, 2.24) is 0 Å². The second-order valence-electron chi connectivity index (χ2n) is 6.15. The lowest BCUT2D eigenvalue weighted by Crippen LogP contribution is -2.34. The highest BCUT2D eigenvalue weighted by molar-refractivity contribution is 5.57. The Labute approximate surface area is 143 Å². The molecular weight excluding hydrogens is 306 g/mol. The van der Waals surface area contributed by atoms with Gasteiger partial charge < -0.3 is 19.1 Å². The molecule has 2 atom stereocenters. The Morgan fingerprint density at radius 1 is 1.21 bits per heavy atom. The van der Waals surface area contributed by atoms with Crippen molar-refractivity contribution in [3.63, 3.8) is 0 Å². The van der Waals surface area contributed by atoms with Crippen molar-refractivity contribution in [2.24, 2.45) is 11.8 Å². The van der Waals surface area contributed by atoms with Crippen LogP contribution in [0.2, 0.25) is 0 Å². The lowest BCUT2D eigenvalue weighted by Gasteiger charge is -2.33. The van der Waals surface area contributed by atoms with E-state index < -0.39 is 5.41 Å². The van der Waals surface area contributed by atoms with Crippen LogP contribution in [0, 0.1) is 23.2 Å². The Morgan fingerprint density at radius 3 is 2.33 bits per heavy atom. The average Bonchev–Trinajstić information content (AvgIpc) is 2.61. The highest BCUT2D eigenvalue weighted by Crippen LogP contribution is 2.41. The molecule has 0 radical (unpaired) electrons. The van der Waals surface area contributed by atoms with Crippen LogP contribution in [0.1, 0.15) is 38.7 Å². The minimum atomic E-state index is -0.839. The fraction of sp³-hybridized carbons (Fsp3) is 0.526. The van der Waals surface area contributed by atoms with Crippen LogP contribution in [-0.4, -0.2) is 26.8 Å². The topological polar surface area (TPSA) is 76.4 Å². The van der Waals surface area contributed by atoms with Crippen LogP contribution >= 0.6 is 0 Å². The molecule has 0 aliphatic carbocycles. The average molecular weight is 331 g/mol. The van der Waals surface area contributed by atoms with Crippen molar-refractivity contribution in [2.75, 3.05) is 14.2 Å². The first-order valence-electron chi connectivity index (χ1n) is 8.01. The zero-order valence-corrected chi connectivity index (χ0v) is 14.7. The molecule has 0 aliphatic heterocycles. The van der Waals surface area contributed by atoms with E-state index in [2.05, 4.69) is 6.07 Å². The van der Waals surface area contributed by atoms with E-state index in [1.165, 1.54) is 0 Å². The summed E-state index contributed by atoms with van der Waals surface area (Å²) in [5.41, 5.74) is -0.0517. The Morgan fingerprint density at radius 2 is 1.88 bits per heavy atom. The van der Waals surface area contributed by atoms with Crippen molar-refractivity contribution in [3.05, 3.63) is 23.8 Å². The molecule has 130 valence electrons. The van der Waals surface area contributed by atoms with Crippen LogP contribution in [-0.2, 0) is 15.0 Å². The third kappa shape index (κ3) is 4.14. The highest BCUT2D eigenvalue weighted by Gasteiger charge is 2.38. The lowest BCUT2D eigenvalue weighted by molar-refractivity contribution is -0.112. The van der Waals surface area contributed by atoms with Gasteiger partial charge in [0.05, 0.1) is 25.7 Å². The quantitative estimate of drug-likeness (QED) is 0.615. The number of aldehydes is 2. The molecule has 0 aliphatic rings. The molecule has 1 rings (SSSR count). The number of nitriles is 1. The van der Waals surface area contributed by atoms with Crippen LogP contribution in [0.3, 0.4) is 0 Å². The number of carbonyl (C=O) groups excluding carboxylic acids is 2. The van der Waals surface area contributed by atoms with Crippen molar-refractivity contribution in [3.8, 4) is 17.6 Å². The first-order chi connectivity index (χ1) is 11.5. The molecule has 0 heterocycles. The molecule has 0 saturated heterocycles. The summed E-state index contributed by atoms with van der Waals surface area (Å²) < 4.78 is 10.6. The van der Waals surface area contributed by atoms with E-state index >= 15 is 0 Å². The number of rotatable bonds is 10. The smallest absolute Gasteiger partial charge is 0.161 e. The highest BCUT2D eigenvalue weighted by atomic mass is 16.5. The minimum Gasteiger partial charge on any atom is -0.493 e. The van der Waals surface area contributed by atoms with Gasteiger partial charge in [0.25, 0.3) is 0 Å². The molecular formula is C19H25NO4. The number of nitrogens with zero attached hydrogens (tertiary/aromatic N) is 1. The van der Waals surface area contributed by atoms with E-state index in [-0.39, 0.29) is 11.8 Å². The first-order valence-corrected chi connectivity index (χ1v) is 8.01. The summed E-state index contributed by atoms with van der Waals surface area (Å²) >= 11 is 0. The summed E-state index contributed by atoms with van der Waals surface area (Å²) in [6, 6.07) is 7.82. The van der Waals surface area contributed by atoms with Gasteiger partial charge in [-0.2, -0.15) is 5.26 Å². The number of hydrogen-bond acceptors (Lipinski definition) is 5. The maximum Gasteiger partial charge on any atom is 0.161 e. The summed E-state index contributed by atoms with van der Waals surface area (Å²) in [4.78, 5) is 22.0. The maximum absolute atomic E-state index is 11.4. The van der Waals surface area contributed by atoms with Gasteiger partial charge in [-0.15, -0.1) is 0 Å². The number of carbonyl (C=O) groups is 2. The van der Waals surface area contributed by atoms with Gasteiger partial charge in [-0.1, -0.05) is 19.9 Å². The van der Waals surface area contributed by atoms with E-state index in [4.69, 9.17) is 9.47 Å². The van der Waals surface area contributed by atoms with E-state index in [0.29, 0.717) is 30.8 Å². The van der Waals surface area contributed by atoms with Crippen LogP contribution < -0.4 is 9.47 Å². The Kier molecular flexibility index (Phi) is 7.44. The van der Waals surface area contributed by atoms with Crippen LogP contribution in [0.5, 0.6) is 11.5 Å². The normalized spacial score (nSPS) is 14.3. The van der Waals surface area contributed by atoms with Gasteiger partial charge in [-0.25, -0.2) is 0 Å². The SMILES string of the molecule is COc1ccc([C@](C#N)(C[C@H](C=O)CCC=O)C(C)C)cc1OC. The predicted octanol–water partition coefficient (Wildman–Crippen LogP) is 3.31. The molecule has 5 heteroatoms. The molecule has 1 aromatic rings. The van der Waals surface area contributed by atoms with Gasteiger partial charge in [-0.3, -0.25) is 0 Å². The number of methoxy groups -OCH3 is 2. The largest absolute Gasteiger partial charge is 0.493 e. The molecule has 0 unspecified atom stereocenters. The lowest BCUT2D eigenvalue weighted by atomic mass is 9.67. The van der Waals surface area contributed by atoms with Crippen LogP contribution in [0.25, 0.3) is 0 Å². The Hall–Kier alpha value is -2.35. The van der Waals surface area contributed by atoms with Gasteiger partial charge in [0.2, 0.25) is 0 Å². The van der Waals surface area contributed by atoms with Gasteiger partial charge in [0, 0.05) is 12.3 Å². The van der Waals surface area contributed by atoms with Gasteiger partial charge in [0.1, 0.15) is 12.6 Å². The molecule has 0 saturated carbocycles. The number of ether oxygens (including phenoxy) is 2. The van der Waals surface area contributed by atoms with E-state index in [1.807, 2.05) is 19.9 Å². The van der Waals surface area contributed by atoms with Gasteiger partial charge in [-0.05, 0) is 36.5 Å². The molecule has 0 aromatic heterocycles. The van der Waals surface area contributed by atoms with Gasteiger partial charge >= 0.3 is 0 Å². The summed E-state index contributed by atoms with van der Waals surface area (Å²) in [5.74, 6) is 0.778. The third-order valence-electron chi connectivity index (χ3n) is 4.52. The molecule has 0 fully saturated rings. The minimum absolute atomic E-state index is 0.0146. The third-order valence-corrected chi connectivity index (χ3v) is 4.52. The standard InChI is InChI=1S/C19H25NO4/c1-14(2)19(13-20,11-15(12-22)6-5-9-21)16-7-8-17(23-3)18(10-16)24-4/h7-10,12,14-15H,5-6,11H2,1-4H3/t15-,19+/m1/s1. The van der Waals surface area contributed by atoms with Crippen molar-refractivity contribution in [1.29, 1.82) is 5.26 Å². The Balaban J connectivity index is 3.32. The molecule has 0 N–H and O–H groups in total. The molecule has 1 aromatic carbocycles. The fourth-order valence-corrected chi connectivity index (χ4v) is 2.95. The number of hydrogen-bond donors (Lipinski definition) is 0. The van der Waals surface area contributed by atoms with E-state index in [9.17, 15) is 14.9 Å². The predicted molar refractivity (Wildman–Crippen MR) is 91.1 cm³/mol. The van der Waals surface area contributed by atoms with Crippen LogP contribution in [0.4, 0.5) is 0 Å². The second kappa shape index (κ2) is 9.07.